The number of carbonyl (C=O) groups is 2. The Hall–Kier alpha value is -2.53. The Morgan fingerprint density at radius 3 is 2.79 bits per heavy atom. The van der Waals surface area contributed by atoms with Crippen molar-refractivity contribution < 1.29 is 18.0 Å². The Labute approximate surface area is 141 Å². The summed E-state index contributed by atoms with van der Waals surface area (Å²) in [7, 11) is -3.94. The fraction of sp³-hybridized carbons (Fsp3) is 0.231. The number of benzene rings is 1. The molecule has 11 heteroatoms. The van der Waals surface area contributed by atoms with E-state index in [-0.39, 0.29) is 27.2 Å². The second-order valence-corrected chi connectivity index (χ2v) is 8.01. The largest absolute Gasteiger partial charge is 0.325 e. The van der Waals surface area contributed by atoms with E-state index in [1.165, 1.54) is 6.92 Å². The second kappa shape index (κ2) is 5.83. The van der Waals surface area contributed by atoms with Gasteiger partial charge >= 0.3 is 0 Å². The van der Waals surface area contributed by atoms with Crippen molar-refractivity contribution in [1.29, 1.82) is 0 Å². The molecule has 0 bridgehead atoms. The average Bonchev–Trinajstić information content (AvgIpc) is 3.05. The van der Waals surface area contributed by atoms with Crippen molar-refractivity contribution in [1.82, 2.24) is 10.2 Å². The van der Waals surface area contributed by atoms with Crippen LogP contribution in [-0.4, -0.2) is 30.4 Å². The lowest BCUT2D eigenvalue weighted by atomic mass is 10.0. The number of nitrogens with one attached hydrogen (secondary N) is 3. The summed E-state index contributed by atoms with van der Waals surface area (Å²) in [5.74, 6) is -0.848. The first kappa shape index (κ1) is 16.3. The van der Waals surface area contributed by atoms with Gasteiger partial charge in [0.15, 0.2) is 0 Å². The number of amides is 2. The highest BCUT2D eigenvalue weighted by molar-refractivity contribution is 7.94. The molecule has 2 aromatic rings. The van der Waals surface area contributed by atoms with Crippen LogP contribution in [0.15, 0.2) is 22.5 Å². The quantitative estimate of drug-likeness (QED) is 0.699. The minimum atomic E-state index is -3.94. The molecule has 126 valence electrons. The van der Waals surface area contributed by atoms with Crippen molar-refractivity contribution >= 4 is 49.7 Å². The van der Waals surface area contributed by atoms with Crippen molar-refractivity contribution in [3.8, 4) is 0 Å². The van der Waals surface area contributed by atoms with Crippen LogP contribution in [0.25, 0.3) is 0 Å². The topological polar surface area (TPSA) is 130 Å². The highest BCUT2D eigenvalue weighted by atomic mass is 32.2. The van der Waals surface area contributed by atoms with Gasteiger partial charge in [-0.1, -0.05) is 11.3 Å². The van der Waals surface area contributed by atoms with E-state index >= 15 is 0 Å². The van der Waals surface area contributed by atoms with Crippen LogP contribution in [-0.2, 0) is 19.6 Å². The molecule has 1 unspecified atom stereocenters. The van der Waals surface area contributed by atoms with Crippen LogP contribution >= 0.6 is 11.3 Å². The number of fused-ring (bicyclic) bond motifs is 1. The van der Waals surface area contributed by atoms with Gasteiger partial charge < -0.3 is 10.6 Å². The molecule has 1 aromatic heterocycles. The zero-order valence-corrected chi connectivity index (χ0v) is 14.3. The van der Waals surface area contributed by atoms with Gasteiger partial charge in [-0.05, 0) is 30.7 Å². The molecular formula is C13H13N5O4S2. The van der Waals surface area contributed by atoms with E-state index in [4.69, 9.17) is 0 Å². The summed E-state index contributed by atoms with van der Waals surface area (Å²) in [4.78, 5) is 22.6. The second-order valence-electron chi connectivity index (χ2n) is 5.17. The van der Waals surface area contributed by atoms with Crippen LogP contribution in [0.3, 0.4) is 0 Å². The van der Waals surface area contributed by atoms with Gasteiger partial charge in [-0.2, -0.15) is 8.42 Å². The summed E-state index contributed by atoms with van der Waals surface area (Å²) in [5.41, 5.74) is 1.70. The number of anilines is 3. The molecule has 2 amide bonds. The van der Waals surface area contributed by atoms with Gasteiger partial charge in [0.05, 0.1) is 5.92 Å². The fourth-order valence-corrected chi connectivity index (χ4v) is 4.20. The zero-order chi connectivity index (χ0) is 17.5. The molecule has 0 saturated heterocycles. The van der Waals surface area contributed by atoms with Crippen molar-refractivity contribution in [2.24, 2.45) is 0 Å². The Kier molecular flexibility index (Phi) is 3.97. The first-order chi connectivity index (χ1) is 11.3. The maximum absolute atomic E-state index is 12.3. The van der Waals surface area contributed by atoms with Crippen molar-refractivity contribution in [3.05, 3.63) is 23.8 Å². The van der Waals surface area contributed by atoms with Gasteiger partial charge in [-0.3, -0.25) is 14.3 Å². The van der Waals surface area contributed by atoms with E-state index in [0.29, 0.717) is 11.4 Å². The highest BCUT2D eigenvalue weighted by Gasteiger charge is 2.27. The number of aromatic nitrogens is 2. The predicted molar refractivity (Wildman–Crippen MR) is 88.5 cm³/mol. The molecule has 1 aliphatic rings. The summed E-state index contributed by atoms with van der Waals surface area (Å²) < 4.78 is 26.8. The molecule has 0 radical (unpaired) electrons. The monoisotopic (exact) mass is 367 g/mol. The third-order valence-electron chi connectivity index (χ3n) is 3.34. The van der Waals surface area contributed by atoms with E-state index in [9.17, 15) is 18.0 Å². The third-order valence-corrected chi connectivity index (χ3v) is 5.93. The van der Waals surface area contributed by atoms with Crippen LogP contribution in [0, 0.1) is 0 Å². The van der Waals surface area contributed by atoms with E-state index in [0.717, 1.165) is 16.9 Å². The molecule has 3 rings (SSSR count). The molecule has 1 aliphatic heterocycles. The molecule has 1 atom stereocenters. The van der Waals surface area contributed by atoms with E-state index in [1.807, 2.05) is 0 Å². The molecule has 9 nitrogen and oxygen atoms in total. The number of sulfonamides is 1. The van der Waals surface area contributed by atoms with E-state index in [1.54, 1.807) is 25.1 Å². The number of hydrogen-bond acceptors (Lipinski definition) is 7. The third kappa shape index (κ3) is 3.08. The molecular weight excluding hydrogens is 354 g/mol. The molecule has 0 spiro atoms. The minimum absolute atomic E-state index is 0.0975. The van der Waals surface area contributed by atoms with Gasteiger partial charge in [-0.25, -0.2) is 0 Å². The van der Waals surface area contributed by atoms with Crippen LogP contribution in [0.4, 0.5) is 16.5 Å². The number of nitrogens with zero attached hydrogens (tertiary/aromatic N) is 2. The average molecular weight is 367 g/mol. The van der Waals surface area contributed by atoms with Crippen molar-refractivity contribution in [2.45, 2.75) is 24.1 Å². The molecule has 2 heterocycles. The van der Waals surface area contributed by atoms with Crippen LogP contribution in [0.2, 0.25) is 0 Å². The Morgan fingerprint density at radius 2 is 2.08 bits per heavy atom. The maximum Gasteiger partial charge on any atom is 0.291 e. The Morgan fingerprint density at radius 1 is 1.33 bits per heavy atom. The molecule has 24 heavy (non-hydrogen) atoms. The maximum atomic E-state index is 12.3. The number of rotatable bonds is 4. The number of carbonyl (C=O) groups excluding carboxylic acids is 2. The lowest BCUT2D eigenvalue weighted by molar-refractivity contribution is -0.116. The van der Waals surface area contributed by atoms with E-state index in [2.05, 4.69) is 25.6 Å². The van der Waals surface area contributed by atoms with Gasteiger partial charge in [0, 0.05) is 18.3 Å². The summed E-state index contributed by atoms with van der Waals surface area (Å²) in [5, 5.41) is 12.4. The standard InChI is InChI=1S/C13H13N5O4S2/c1-6-9-5-8(3-4-10(9)15-11(6)20)18-24(21,22)13-17-16-12(23-13)14-7(2)19/h3-6,18H,1-2H3,(H,15,20)(H,14,16,19). The summed E-state index contributed by atoms with van der Waals surface area (Å²) >= 11 is 0.743. The van der Waals surface area contributed by atoms with Crippen molar-refractivity contribution in [2.75, 3.05) is 15.4 Å². The molecule has 0 aliphatic carbocycles. The lowest BCUT2D eigenvalue weighted by Crippen LogP contribution is -2.13. The van der Waals surface area contributed by atoms with Gasteiger partial charge in [-0.15, -0.1) is 10.2 Å². The Balaban J connectivity index is 1.84. The van der Waals surface area contributed by atoms with Crippen LogP contribution in [0.5, 0.6) is 0 Å². The van der Waals surface area contributed by atoms with Gasteiger partial charge in [0.25, 0.3) is 14.4 Å². The fourth-order valence-electron chi connectivity index (χ4n) is 2.20. The molecule has 3 N–H and O–H groups in total. The van der Waals surface area contributed by atoms with Gasteiger partial charge in [0.2, 0.25) is 16.9 Å². The SMILES string of the molecule is CC(=O)Nc1nnc(S(=O)(=O)Nc2ccc3c(c2)C(C)C(=O)N3)s1. The van der Waals surface area contributed by atoms with Crippen LogP contribution < -0.4 is 15.4 Å². The number of hydrogen-bond donors (Lipinski definition) is 3. The normalized spacial score (nSPS) is 16.4. The van der Waals surface area contributed by atoms with E-state index < -0.39 is 10.0 Å². The van der Waals surface area contributed by atoms with Gasteiger partial charge in [0.1, 0.15) is 0 Å². The smallest absolute Gasteiger partial charge is 0.291 e. The summed E-state index contributed by atoms with van der Waals surface area (Å²) in [6.45, 7) is 3.03. The molecule has 0 saturated carbocycles. The first-order valence-electron chi connectivity index (χ1n) is 6.85. The summed E-state index contributed by atoms with van der Waals surface area (Å²) in [6, 6.07) is 4.78. The van der Waals surface area contributed by atoms with Crippen LogP contribution in [0.1, 0.15) is 25.3 Å². The minimum Gasteiger partial charge on any atom is -0.325 e. The Bertz CT molecular complexity index is 938. The molecule has 0 fully saturated rings. The zero-order valence-electron chi connectivity index (χ0n) is 12.7. The molecule has 1 aromatic carbocycles. The summed E-state index contributed by atoms with van der Waals surface area (Å²) in [6.07, 6.45) is 0. The highest BCUT2D eigenvalue weighted by Crippen LogP contribution is 2.34. The lowest BCUT2D eigenvalue weighted by Gasteiger charge is -2.08. The predicted octanol–water partition coefficient (Wildman–Crippen LogP) is 1.35. The first-order valence-corrected chi connectivity index (χ1v) is 9.15. The van der Waals surface area contributed by atoms with Crippen molar-refractivity contribution in [3.63, 3.8) is 0 Å².